The highest BCUT2D eigenvalue weighted by Crippen LogP contribution is 2.22. The second-order valence-electron chi connectivity index (χ2n) is 6.63. The van der Waals surface area contributed by atoms with E-state index >= 15 is 0 Å². The molecule has 27 heavy (non-hydrogen) atoms. The maximum Gasteiger partial charge on any atom is 0.332 e. The molecule has 0 bridgehead atoms. The number of hydrogen-bond acceptors (Lipinski definition) is 4. The number of rotatable bonds is 5. The molecule has 0 unspecified atom stereocenters. The number of H-pyrrole nitrogens is 1. The van der Waals surface area contributed by atoms with Gasteiger partial charge in [0.1, 0.15) is 4.83 Å². The van der Waals surface area contributed by atoms with Gasteiger partial charge in [-0.05, 0) is 36.8 Å². The molecule has 3 aromatic heterocycles. The van der Waals surface area contributed by atoms with Gasteiger partial charge in [-0.2, -0.15) is 0 Å². The highest BCUT2D eigenvalue weighted by Gasteiger charge is 2.17. The van der Waals surface area contributed by atoms with E-state index < -0.39 is 0 Å². The molecular weight excluding hydrogens is 360 g/mol. The largest absolute Gasteiger partial charge is 0.348 e. The summed E-state index contributed by atoms with van der Waals surface area (Å²) in [7, 11) is 0. The van der Waals surface area contributed by atoms with E-state index in [1.165, 1.54) is 15.9 Å². The van der Waals surface area contributed by atoms with E-state index in [-0.39, 0.29) is 11.2 Å². The van der Waals surface area contributed by atoms with E-state index in [0.29, 0.717) is 29.7 Å². The Bertz CT molecular complexity index is 1210. The van der Waals surface area contributed by atoms with Crippen LogP contribution in [-0.4, -0.2) is 19.1 Å². The maximum absolute atomic E-state index is 13.2. The minimum Gasteiger partial charge on any atom is -0.348 e. The Labute approximate surface area is 159 Å². The van der Waals surface area contributed by atoms with Crippen LogP contribution in [0.25, 0.3) is 10.2 Å². The fraction of sp³-hybridized carbons (Fsp3) is 0.250. The van der Waals surface area contributed by atoms with E-state index in [0.717, 1.165) is 22.5 Å². The van der Waals surface area contributed by atoms with Gasteiger partial charge in [0.15, 0.2) is 0 Å². The predicted octanol–water partition coefficient (Wildman–Crippen LogP) is 2.86. The second-order valence-corrected chi connectivity index (χ2v) is 7.49. The number of hydrogen-bond donors (Lipinski definition) is 1. The molecule has 0 aliphatic carbocycles. The molecule has 0 radical (unpaired) electrons. The SMILES string of the molecule is Cc1[nH]cnc1Cn1c(=O)n(CCc2ccccc2)c(=O)c2c(C)csc21. The van der Waals surface area contributed by atoms with Crippen molar-refractivity contribution in [2.75, 3.05) is 0 Å². The van der Waals surface area contributed by atoms with Gasteiger partial charge in [0.05, 0.1) is 24.0 Å². The van der Waals surface area contributed by atoms with Gasteiger partial charge in [0.25, 0.3) is 5.56 Å². The number of aromatic nitrogens is 4. The van der Waals surface area contributed by atoms with Crippen molar-refractivity contribution in [3.8, 4) is 0 Å². The second kappa shape index (κ2) is 7.00. The van der Waals surface area contributed by atoms with E-state index in [1.807, 2.05) is 49.6 Å². The third kappa shape index (κ3) is 3.14. The molecule has 0 fully saturated rings. The molecule has 0 saturated heterocycles. The summed E-state index contributed by atoms with van der Waals surface area (Å²) in [6, 6.07) is 9.89. The van der Waals surface area contributed by atoms with E-state index in [1.54, 1.807) is 10.9 Å². The van der Waals surface area contributed by atoms with E-state index in [4.69, 9.17) is 0 Å². The molecule has 0 aliphatic rings. The Morgan fingerprint density at radius 2 is 1.89 bits per heavy atom. The molecule has 4 aromatic rings. The van der Waals surface area contributed by atoms with Crippen molar-refractivity contribution in [1.82, 2.24) is 19.1 Å². The number of fused-ring (bicyclic) bond motifs is 1. The summed E-state index contributed by atoms with van der Waals surface area (Å²) in [5.41, 5.74) is 3.23. The highest BCUT2D eigenvalue weighted by molar-refractivity contribution is 7.17. The molecule has 138 valence electrons. The Morgan fingerprint density at radius 3 is 2.59 bits per heavy atom. The number of aromatic amines is 1. The first-order chi connectivity index (χ1) is 13.1. The van der Waals surface area contributed by atoms with Crippen molar-refractivity contribution in [1.29, 1.82) is 0 Å². The first-order valence-electron chi connectivity index (χ1n) is 8.80. The van der Waals surface area contributed by atoms with Gasteiger partial charge in [-0.1, -0.05) is 30.3 Å². The van der Waals surface area contributed by atoms with Crippen LogP contribution in [0.5, 0.6) is 0 Å². The van der Waals surface area contributed by atoms with Crippen LogP contribution in [0.2, 0.25) is 0 Å². The average molecular weight is 380 g/mol. The molecule has 0 saturated carbocycles. The summed E-state index contributed by atoms with van der Waals surface area (Å²) in [5, 5.41) is 2.56. The van der Waals surface area contributed by atoms with Gasteiger partial charge in [0.2, 0.25) is 0 Å². The van der Waals surface area contributed by atoms with Gasteiger partial charge < -0.3 is 4.98 Å². The van der Waals surface area contributed by atoms with Gasteiger partial charge >= 0.3 is 5.69 Å². The zero-order valence-corrected chi connectivity index (χ0v) is 16.0. The Morgan fingerprint density at radius 1 is 1.11 bits per heavy atom. The van der Waals surface area contributed by atoms with Crippen LogP contribution >= 0.6 is 11.3 Å². The standard InChI is InChI=1S/C20H20N4O2S/c1-13-11-27-19-17(13)18(25)23(9-8-15-6-4-3-5-7-15)20(26)24(19)10-16-14(2)21-12-22-16/h3-7,11-12H,8-10H2,1-2H3,(H,21,22). The Kier molecular flexibility index (Phi) is 4.53. The van der Waals surface area contributed by atoms with Crippen LogP contribution in [0.15, 0.2) is 51.6 Å². The Balaban J connectivity index is 1.83. The summed E-state index contributed by atoms with van der Waals surface area (Å²) in [6.07, 6.45) is 2.25. The maximum atomic E-state index is 13.2. The number of aryl methyl sites for hydroxylation is 3. The van der Waals surface area contributed by atoms with Crippen molar-refractivity contribution in [3.05, 3.63) is 85.4 Å². The van der Waals surface area contributed by atoms with Crippen LogP contribution in [0.3, 0.4) is 0 Å². The Hall–Kier alpha value is -2.93. The fourth-order valence-corrected chi connectivity index (χ4v) is 4.30. The summed E-state index contributed by atoms with van der Waals surface area (Å²) in [6.45, 7) is 4.54. The quantitative estimate of drug-likeness (QED) is 0.579. The van der Waals surface area contributed by atoms with E-state index in [9.17, 15) is 9.59 Å². The summed E-state index contributed by atoms with van der Waals surface area (Å²) < 4.78 is 3.03. The van der Waals surface area contributed by atoms with Crippen LogP contribution in [-0.2, 0) is 19.5 Å². The van der Waals surface area contributed by atoms with Gasteiger partial charge in [0, 0.05) is 12.2 Å². The molecule has 3 heterocycles. The molecular formula is C20H20N4O2S. The molecule has 1 N–H and O–H groups in total. The van der Waals surface area contributed by atoms with E-state index in [2.05, 4.69) is 9.97 Å². The summed E-state index contributed by atoms with van der Waals surface area (Å²) in [4.78, 5) is 34.2. The van der Waals surface area contributed by atoms with Crippen molar-refractivity contribution < 1.29 is 0 Å². The topological polar surface area (TPSA) is 72.7 Å². The minimum absolute atomic E-state index is 0.209. The zero-order valence-electron chi connectivity index (χ0n) is 15.2. The summed E-state index contributed by atoms with van der Waals surface area (Å²) in [5.74, 6) is 0. The zero-order chi connectivity index (χ0) is 19.0. The summed E-state index contributed by atoms with van der Waals surface area (Å²) >= 11 is 1.43. The molecule has 0 spiro atoms. The molecule has 7 heteroatoms. The number of imidazole rings is 1. The van der Waals surface area contributed by atoms with Crippen LogP contribution in [0.4, 0.5) is 0 Å². The molecule has 0 aliphatic heterocycles. The van der Waals surface area contributed by atoms with Crippen LogP contribution < -0.4 is 11.2 Å². The van der Waals surface area contributed by atoms with Gasteiger partial charge in [-0.3, -0.25) is 13.9 Å². The predicted molar refractivity (Wildman–Crippen MR) is 108 cm³/mol. The molecule has 0 atom stereocenters. The lowest BCUT2D eigenvalue weighted by atomic mass is 10.1. The number of benzene rings is 1. The van der Waals surface area contributed by atoms with Crippen molar-refractivity contribution in [2.45, 2.75) is 33.4 Å². The molecule has 4 rings (SSSR count). The van der Waals surface area contributed by atoms with Crippen LogP contribution in [0.1, 0.15) is 22.5 Å². The van der Waals surface area contributed by atoms with Crippen molar-refractivity contribution in [2.24, 2.45) is 0 Å². The lowest BCUT2D eigenvalue weighted by Gasteiger charge is -2.12. The van der Waals surface area contributed by atoms with Gasteiger partial charge in [-0.15, -0.1) is 11.3 Å². The lowest BCUT2D eigenvalue weighted by Crippen LogP contribution is -2.40. The number of thiophene rings is 1. The third-order valence-corrected chi connectivity index (χ3v) is 5.95. The first kappa shape index (κ1) is 17.5. The van der Waals surface area contributed by atoms with Crippen molar-refractivity contribution >= 4 is 21.6 Å². The smallest absolute Gasteiger partial charge is 0.332 e. The molecule has 1 aromatic carbocycles. The molecule has 0 amide bonds. The molecule has 6 nitrogen and oxygen atoms in total. The lowest BCUT2D eigenvalue weighted by molar-refractivity contribution is 0.588. The number of nitrogens with zero attached hydrogens (tertiary/aromatic N) is 3. The van der Waals surface area contributed by atoms with Crippen LogP contribution in [0, 0.1) is 13.8 Å². The van der Waals surface area contributed by atoms with Crippen molar-refractivity contribution in [3.63, 3.8) is 0 Å². The normalized spacial score (nSPS) is 11.3. The fourth-order valence-electron chi connectivity index (χ4n) is 3.26. The van der Waals surface area contributed by atoms with Gasteiger partial charge in [-0.25, -0.2) is 9.78 Å². The highest BCUT2D eigenvalue weighted by atomic mass is 32.1. The number of nitrogens with one attached hydrogen (secondary N) is 1. The average Bonchev–Trinajstić information content (AvgIpc) is 3.25. The minimum atomic E-state index is -0.285. The third-order valence-electron chi connectivity index (χ3n) is 4.83. The first-order valence-corrected chi connectivity index (χ1v) is 9.68. The monoisotopic (exact) mass is 380 g/mol.